The molecule has 1 atom stereocenters. The van der Waals surface area contributed by atoms with Crippen LogP contribution in [0.5, 0.6) is 5.88 Å². The van der Waals surface area contributed by atoms with Gasteiger partial charge in [0, 0.05) is 31.8 Å². The first kappa shape index (κ1) is 21.2. The maximum atomic E-state index is 12.2. The highest BCUT2D eigenvalue weighted by Gasteiger charge is 2.13. The number of hydrogen-bond donors (Lipinski definition) is 4. The standard InChI is InChI=1S/C20H25N3O5/c24-14-21-8-6-15(7-9-28-13-16-4-2-1-3-5-16)12-22-20(27)17-10-18(25)23-19(26)11-17/h1-5,10-11,14-15H,6-9,12-13H2,(H,21,24)(H,22,27)(H2,23,25,26). The largest absolute Gasteiger partial charge is 0.494 e. The summed E-state index contributed by atoms with van der Waals surface area (Å²) in [5.74, 6) is -0.721. The molecule has 0 radical (unpaired) electrons. The fraction of sp³-hybridized carbons (Fsp3) is 0.350. The Morgan fingerprint density at radius 2 is 2.00 bits per heavy atom. The van der Waals surface area contributed by atoms with Gasteiger partial charge in [-0.1, -0.05) is 30.3 Å². The van der Waals surface area contributed by atoms with Crippen LogP contribution in [0.3, 0.4) is 0 Å². The molecule has 150 valence electrons. The second-order valence-corrected chi connectivity index (χ2v) is 6.38. The van der Waals surface area contributed by atoms with Gasteiger partial charge in [0.15, 0.2) is 5.88 Å². The Bertz CT molecular complexity index is 807. The predicted octanol–water partition coefficient (Wildman–Crippen LogP) is 1.17. The van der Waals surface area contributed by atoms with Gasteiger partial charge in [-0.05, 0) is 24.3 Å². The number of carbonyl (C=O) groups excluding carboxylic acids is 2. The third kappa shape index (κ3) is 7.63. The first-order valence-electron chi connectivity index (χ1n) is 9.08. The van der Waals surface area contributed by atoms with E-state index in [2.05, 4.69) is 15.6 Å². The van der Waals surface area contributed by atoms with Crippen LogP contribution in [-0.2, 0) is 16.1 Å². The highest BCUT2D eigenvalue weighted by atomic mass is 16.5. The number of aromatic hydroxyl groups is 1. The maximum absolute atomic E-state index is 12.2. The van der Waals surface area contributed by atoms with Crippen LogP contribution in [0.15, 0.2) is 47.3 Å². The third-order valence-corrected chi connectivity index (χ3v) is 4.21. The molecule has 0 spiro atoms. The number of carbonyl (C=O) groups is 2. The summed E-state index contributed by atoms with van der Waals surface area (Å²) < 4.78 is 5.70. The van der Waals surface area contributed by atoms with Crippen LogP contribution in [0, 0.1) is 5.92 Å². The Morgan fingerprint density at radius 1 is 1.21 bits per heavy atom. The summed E-state index contributed by atoms with van der Waals surface area (Å²) in [4.78, 5) is 36.2. The molecule has 4 N–H and O–H groups in total. The lowest BCUT2D eigenvalue weighted by atomic mass is 10.0. The van der Waals surface area contributed by atoms with E-state index in [9.17, 15) is 19.5 Å². The molecule has 1 aromatic heterocycles. The van der Waals surface area contributed by atoms with Gasteiger partial charge in [-0.2, -0.15) is 0 Å². The second-order valence-electron chi connectivity index (χ2n) is 6.38. The summed E-state index contributed by atoms with van der Waals surface area (Å²) in [7, 11) is 0. The van der Waals surface area contributed by atoms with Gasteiger partial charge in [-0.15, -0.1) is 0 Å². The number of rotatable bonds is 12. The summed E-state index contributed by atoms with van der Waals surface area (Å²) in [6, 6.07) is 12.2. The molecular weight excluding hydrogens is 362 g/mol. The minimum Gasteiger partial charge on any atom is -0.494 e. The minimum atomic E-state index is -0.550. The van der Waals surface area contributed by atoms with Crippen molar-refractivity contribution in [1.29, 1.82) is 0 Å². The van der Waals surface area contributed by atoms with E-state index in [4.69, 9.17) is 4.74 Å². The maximum Gasteiger partial charge on any atom is 0.251 e. The summed E-state index contributed by atoms with van der Waals surface area (Å²) in [5.41, 5.74) is 0.627. The molecule has 2 rings (SSSR count). The lowest BCUT2D eigenvalue weighted by Crippen LogP contribution is -2.32. The van der Waals surface area contributed by atoms with E-state index in [0.717, 1.165) is 11.6 Å². The van der Waals surface area contributed by atoms with Crippen LogP contribution in [0.2, 0.25) is 0 Å². The first-order chi connectivity index (χ1) is 13.6. The van der Waals surface area contributed by atoms with Crippen LogP contribution in [0.4, 0.5) is 0 Å². The van der Waals surface area contributed by atoms with E-state index in [1.165, 1.54) is 6.07 Å². The van der Waals surface area contributed by atoms with Gasteiger partial charge < -0.3 is 20.5 Å². The minimum absolute atomic E-state index is 0.0859. The summed E-state index contributed by atoms with van der Waals surface area (Å²) in [6.07, 6.45) is 2.02. The fourth-order valence-electron chi connectivity index (χ4n) is 2.71. The molecule has 0 bridgehead atoms. The summed E-state index contributed by atoms with van der Waals surface area (Å²) in [6.45, 7) is 1.89. The molecule has 8 heteroatoms. The molecule has 1 unspecified atom stereocenters. The predicted molar refractivity (Wildman–Crippen MR) is 104 cm³/mol. The van der Waals surface area contributed by atoms with Crippen LogP contribution >= 0.6 is 0 Å². The zero-order valence-electron chi connectivity index (χ0n) is 15.5. The molecule has 0 saturated heterocycles. The van der Waals surface area contributed by atoms with Crippen molar-refractivity contribution in [2.45, 2.75) is 19.4 Å². The molecule has 1 aromatic carbocycles. The van der Waals surface area contributed by atoms with Gasteiger partial charge in [0.1, 0.15) is 0 Å². The average molecular weight is 387 g/mol. The number of amides is 2. The quantitative estimate of drug-likeness (QED) is 0.322. The van der Waals surface area contributed by atoms with Crippen LogP contribution in [0.1, 0.15) is 28.8 Å². The number of benzene rings is 1. The molecule has 28 heavy (non-hydrogen) atoms. The van der Waals surface area contributed by atoms with Gasteiger partial charge in [-0.25, -0.2) is 0 Å². The van der Waals surface area contributed by atoms with Crippen molar-refractivity contribution in [2.24, 2.45) is 5.92 Å². The summed E-state index contributed by atoms with van der Waals surface area (Å²) >= 11 is 0. The number of aromatic amines is 1. The van der Waals surface area contributed by atoms with Crippen molar-refractivity contribution in [3.63, 3.8) is 0 Å². The highest BCUT2D eigenvalue weighted by Crippen LogP contribution is 2.10. The van der Waals surface area contributed by atoms with Gasteiger partial charge in [0.05, 0.1) is 12.2 Å². The van der Waals surface area contributed by atoms with E-state index in [1.807, 2.05) is 30.3 Å². The van der Waals surface area contributed by atoms with E-state index in [0.29, 0.717) is 45.6 Å². The van der Waals surface area contributed by atoms with Gasteiger partial charge in [0.2, 0.25) is 6.41 Å². The van der Waals surface area contributed by atoms with Crippen LogP contribution in [-0.4, -0.2) is 42.1 Å². The Balaban J connectivity index is 1.82. The fourth-order valence-corrected chi connectivity index (χ4v) is 2.71. The van der Waals surface area contributed by atoms with Crippen molar-refractivity contribution in [2.75, 3.05) is 19.7 Å². The van der Waals surface area contributed by atoms with Gasteiger partial charge >= 0.3 is 0 Å². The highest BCUT2D eigenvalue weighted by molar-refractivity contribution is 5.94. The molecule has 1 heterocycles. The van der Waals surface area contributed by atoms with Gasteiger partial charge in [0.25, 0.3) is 11.5 Å². The number of hydrogen-bond acceptors (Lipinski definition) is 5. The molecule has 8 nitrogen and oxygen atoms in total. The molecule has 0 aliphatic heterocycles. The Labute approximate surface area is 162 Å². The van der Waals surface area contributed by atoms with Crippen molar-refractivity contribution in [1.82, 2.24) is 15.6 Å². The average Bonchev–Trinajstić information content (AvgIpc) is 2.68. The molecule has 0 fully saturated rings. The van der Waals surface area contributed by atoms with Crippen molar-refractivity contribution in [3.05, 3.63) is 63.9 Å². The van der Waals surface area contributed by atoms with Crippen molar-refractivity contribution >= 4 is 12.3 Å². The van der Waals surface area contributed by atoms with Crippen LogP contribution in [0.25, 0.3) is 0 Å². The number of pyridine rings is 1. The Hall–Kier alpha value is -3.13. The normalized spacial score (nSPS) is 11.6. The third-order valence-electron chi connectivity index (χ3n) is 4.21. The smallest absolute Gasteiger partial charge is 0.251 e. The van der Waals surface area contributed by atoms with E-state index in [1.54, 1.807) is 0 Å². The van der Waals surface area contributed by atoms with Crippen molar-refractivity contribution in [3.8, 4) is 5.88 Å². The zero-order valence-corrected chi connectivity index (χ0v) is 15.5. The molecule has 0 saturated carbocycles. The zero-order chi connectivity index (χ0) is 20.2. The molecule has 2 aromatic rings. The molecule has 2 amide bonds. The van der Waals surface area contributed by atoms with Crippen molar-refractivity contribution < 1.29 is 19.4 Å². The van der Waals surface area contributed by atoms with Gasteiger partial charge in [-0.3, -0.25) is 19.4 Å². The Kier molecular flexibility index (Phi) is 8.74. The number of ether oxygens (including phenoxy) is 1. The summed E-state index contributed by atoms with van der Waals surface area (Å²) in [5, 5.41) is 14.8. The monoisotopic (exact) mass is 387 g/mol. The molecule has 0 aliphatic carbocycles. The molecular formula is C20H25N3O5. The Morgan fingerprint density at radius 3 is 2.71 bits per heavy atom. The van der Waals surface area contributed by atoms with E-state index in [-0.39, 0.29) is 17.4 Å². The SMILES string of the molecule is O=CNCCC(CCOCc1ccccc1)CNC(=O)c1cc(O)[nH]c(=O)c1. The van der Waals surface area contributed by atoms with E-state index >= 15 is 0 Å². The topological polar surface area (TPSA) is 121 Å². The lowest BCUT2D eigenvalue weighted by Gasteiger charge is -2.17. The number of nitrogens with one attached hydrogen (secondary N) is 3. The lowest BCUT2D eigenvalue weighted by molar-refractivity contribution is -0.109. The number of aromatic nitrogens is 1. The van der Waals surface area contributed by atoms with Crippen LogP contribution < -0.4 is 16.2 Å². The number of H-pyrrole nitrogens is 1. The first-order valence-corrected chi connectivity index (χ1v) is 9.08. The second kappa shape index (κ2) is 11.6. The van der Waals surface area contributed by atoms with E-state index < -0.39 is 11.5 Å². The molecule has 0 aliphatic rings.